The fourth-order valence-corrected chi connectivity index (χ4v) is 3.27. The van der Waals surface area contributed by atoms with Crippen molar-refractivity contribution in [3.8, 4) is 5.88 Å². The van der Waals surface area contributed by atoms with E-state index in [0.29, 0.717) is 11.9 Å². The summed E-state index contributed by atoms with van der Waals surface area (Å²) in [4.78, 5) is 23.1. The van der Waals surface area contributed by atoms with Crippen molar-refractivity contribution in [2.45, 2.75) is 44.6 Å². The van der Waals surface area contributed by atoms with Crippen molar-refractivity contribution in [1.82, 2.24) is 14.9 Å². The average Bonchev–Trinajstić information content (AvgIpc) is 3.46. The molecule has 0 radical (unpaired) electrons. The zero-order valence-electron chi connectivity index (χ0n) is 13.6. The molecule has 5 nitrogen and oxygen atoms in total. The minimum Gasteiger partial charge on any atom is -0.467 e. The molecule has 124 valence electrons. The Morgan fingerprint density at radius 3 is 2.88 bits per heavy atom. The summed E-state index contributed by atoms with van der Waals surface area (Å²) >= 11 is 0. The third kappa shape index (κ3) is 3.11. The van der Waals surface area contributed by atoms with Crippen LogP contribution >= 0.6 is 0 Å². The molecule has 2 aromatic rings. The molecule has 1 amide bonds. The van der Waals surface area contributed by atoms with Crippen LogP contribution in [0.3, 0.4) is 0 Å². The minimum atomic E-state index is 0.0227. The lowest BCUT2D eigenvalue weighted by molar-refractivity contribution is -0.132. The summed E-state index contributed by atoms with van der Waals surface area (Å²) in [5.41, 5.74) is 2.01. The molecule has 2 aliphatic rings. The Bertz CT molecular complexity index is 778. The molecule has 1 fully saturated rings. The number of fused-ring (bicyclic) bond motifs is 1. The Balaban J connectivity index is 1.49. The molecule has 1 aromatic carbocycles. The zero-order valence-corrected chi connectivity index (χ0v) is 13.6. The molecule has 1 heterocycles. The topological polar surface area (TPSA) is 55.3 Å². The summed E-state index contributed by atoms with van der Waals surface area (Å²) in [6.07, 6.45) is 10.4. The van der Waals surface area contributed by atoms with Gasteiger partial charge >= 0.3 is 0 Å². The first-order chi connectivity index (χ1) is 11.8. The van der Waals surface area contributed by atoms with E-state index in [1.54, 1.807) is 0 Å². The first-order valence-electron chi connectivity index (χ1n) is 8.66. The summed E-state index contributed by atoms with van der Waals surface area (Å²) < 4.78 is 5.76. The van der Waals surface area contributed by atoms with Crippen molar-refractivity contribution in [3.63, 3.8) is 0 Å². The van der Waals surface area contributed by atoms with E-state index in [4.69, 9.17) is 4.74 Å². The number of benzene rings is 1. The molecule has 0 atom stereocenters. The maximum atomic E-state index is 12.8. The van der Waals surface area contributed by atoms with Crippen molar-refractivity contribution in [3.05, 3.63) is 42.4 Å². The molecule has 0 aliphatic heterocycles. The second kappa shape index (κ2) is 6.59. The van der Waals surface area contributed by atoms with Crippen LogP contribution in [0.5, 0.6) is 5.88 Å². The van der Waals surface area contributed by atoms with E-state index in [-0.39, 0.29) is 12.5 Å². The standard InChI is InChI=1S/C19H21N3O2/c23-18(22(15-10-11-15)14-6-2-1-3-7-14)12-24-19-16-8-4-5-9-17(16)20-13-21-19/h4-6,8-9,13,15H,1-3,7,10-12H2. The van der Waals surface area contributed by atoms with Crippen molar-refractivity contribution in [2.75, 3.05) is 6.61 Å². The Kier molecular flexibility index (Phi) is 4.15. The van der Waals surface area contributed by atoms with Crippen molar-refractivity contribution >= 4 is 16.8 Å². The van der Waals surface area contributed by atoms with Gasteiger partial charge < -0.3 is 9.64 Å². The van der Waals surface area contributed by atoms with Crippen LogP contribution in [-0.4, -0.2) is 33.4 Å². The van der Waals surface area contributed by atoms with E-state index in [0.717, 1.165) is 36.6 Å². The third-order valence-electron chi connectivity index (χ3n) is 4.60. The van der Waals surface area contributed by atoms with E-state index >= 15 is 0 Å². The van der Waals surface area contributed by atoms with Gasteiger partial charge in [0.2, 0.25) is 5.88 Å². The van der Waals surface area contributed by atoms with Crippen LogP contribution < -0.4 is 4.74 Å². The van der Waals surface area contributed by atoms with Crippen LogP contribution in [0.15, 0.2) is 42.4 Å². The number of rotatable bonds is 5. The van der Waals surface area contributed by atoms with Gasteiger partial charge in [-0.2, -0.15) is 0 Å². The Hall–Kier alpha value is -2.43. The smallest absolute Gasteiger partial charge is 0.264 e. The van der Waals surface area contributed by atoms with Crippen LogP contribution in [0.1, 0.15) is 38.5 Å². The number of hydrogen-bond acceptors (Lipinski definition) is 4. The zero-order chi connectivity index (χ0) is 16.4. The highest BCUT2D eigenvalue weighted by molar-refractivity contribution is 5.84. The molecule has 1 saturated carbocycles. The number of amides is 1. The molecule has 0 N–H and O–H groups in total. The van der Waals surface area contributed by atoms with Crippen LogP contribution in [0.4, 0.5) is 0 Å². The van der Waals surface area contributed by atoms with E-state index in [1.807, 2.05) is 29.2 Å². The van der Waals surface area contributed by atoms with Gasteiger partial charge in [0.15, 0.2) is 6.61 Å². The fourth-order valence-electron chi connectivity index (χ4n) is 3.27. The fraction of sp³-hybridized carbons (Fsp3) is 0.421. The quantitative estimate of drug-likeness (QED) is 0.845. The number of carbonyl (C=O) groups excluding carboxylic acids is 1. The van der Waals surface area contributed by atoms with Crippen molar-refractivity contribution in [1.29, 1.82) is 0 Å². The van der Waals surface area contributed by atoms with Crippen LogP contribution in [0, 0.1) is 0 Å². The minimum absolute atomic E-state index is 0.0227. The van der Waals surface area contributed by atoms with E-state index < -0.39 is 0 Å². The number of carbonyl (C=O) groups is 1. The van der Waals surface area contributed by atoms with Gasteiger partial charge in [-0.25, -0.2) is 9.97 Å². The van der Waals surface area contributed by atoms with Gasteiger partial charge in [-0.15, -0.1) is 0 Å². The summed E-state index contributed by atoms with van der Waals surface area (Å²) in [7, 11) is 0. The number of ether oxygens (including phenoxy) is 1. The maximum absolute atomic E-state index is 12.8. The molecule has 5 heteroatoms. The molecule has 0 unspecified atom stereocenters. The molecule has 24 heavy (non-hydrogen) atoms. The highest BCUT2D eigenvalue weighted by atomic mass is 16.5. The second-order valence-corrected chi connectivity index (χ2v) is 6.42. The monoisotopic (exact) mass is 323 g/mol. The van der Waals surface area contributed by atoms with Gasteiger partial charge in [0.25, 0.3) is 5.91 Å². The summed E-state index contributed by atoms with van der Waals surface area (Å²) in [6, 6.07) is 8.04. The number of para-hydroxylation sites is 1. The molecule has 2 aliphatic carbocycles. The molecule has 4 rings (SSSR count). The predicted molar refractivity (Wildman–Crippen MR) is 91.5 cm³/mol. The number of aromatic nitrogens is 2. The number of hydrogen-bond donors (Lipinski definition) is 0. The molecular weight excluding hydrogens is 302 g/mol. The van der Waals surface area contributed by atoms with Gasteiger partial charge in [0.1, 0.15) is 6.33 Å². The first kappa shape index (κ1) is 15.1. The summed E-state index contributed by atoms with van der Waals surface area (Å²) in [5, 5.41) is 0.836. The Morgan fingerprint density at radius 1 is 1.21 bits per heavy atom. The Morgan fingerprint density at radius 2 is 2.08 bits per heavy atom. The lowest BCUT2D eigenvalue weighted by Crippen LogP contribution is -2.36. The molecule has 0 saturated heterocycles. The summed E-state index contributed by atoms with van der Waals surface area (Å²) in [6.45, 7) is 0.0227. The SMILES string of the molecule is O=C(COc1ncnc2ccccc12)N(C1=CCCCC1)C1CC1. The lowest BCUT2D eigenvalue weighted by atomic mass is 10.0. The van der Waals surface area contributed by atoms with Crippen molar-refractivity contribution < 1.29 is 9.53 Å². The second-order valence-electron chi connectivity index (χ2n) is 6.42. The van der Waals surface area contributed by atoms with Gasteiger partial charge in [0, 0.05) is 11.7 Å². The van der Waals surface area contributed by atoms with E-state index in [1.165, 1.54) is 24.9 Å². The maximum Gasteiger partial charge on any atom is 0.264 e. The first-order valence-corrected chi connectivity index (χ1v) is 8.66. The average molecular weight is 323 g/mol. The Labute approximate surface area is 141 Å². The molecule has 0 bridgehead atoms. The van der Waals surface area contributed by atoms with Gasteiger partial charge in [-0.3, -0.25) is 4.79 Å². The lowest BCUT2D eigenvalue weighted by Gasteiger charge is -2.27. The normalized spacial score (nSPS) is 17.4. The van der Waals surface area contributed by atoms with E-state index in [9.17, 15) is 4.79 Å². The highest BCUT2D eigenvalue weighted by Crippen LogP contribution is 2.34. The highest BCUT2D eigenvalue weighted by Gasteiger charge is 2.35. The van der Waals surface area contributed by atoms with Crippen LogP contribution in [0.2, 0.25) is 0 Å². The van der Waals surface area contributed by atoms with Crippen LogP contribution in [0.25, 0.3) is 10.9 Å². The molecular formula is C19H21N3O2. The number of nitrogens with zero attached hydrogens (tertiary/aromatic N) is 3. The van der Waals surface area contributed by atoms with Gasteiger partial charge in [-0.05, 0) is 50.7 Å². The van der Waals surface area contributed by atoms with Gasteiger partial charge in [-0.1, -0.05) is 18.2 Å². The largest absolute Gasteiger partial charge is 0.467 e. The van der Waals surface area contributed by atoms with Crippen LogP contribution in [-0.2, 0) is 4.79 Å². The number of allylic oxidation sites excluding steroid dienone is 2. The van der Waals surface area contributed by atoms with Crippen molar-refractivity contribution in [2.24, 2.45) is 0 Å². The molecule has 0 spiro atoms. The third-order valence-corrected chi connectivity index (χ3v) is 4.60. The van der Waals surface area contributed by atoms with E-state index in [2.05, 4.69) is 16.0 Å². The summed E-state index contributed by atoms with van der Waals surface area (Å²) in [5.74, 6) is 0.510. The van der Waals surface area contributed by atoms with Gasteiger partial charge in [0.05, 0.1) is 10.9 Å². The predicted octanol–water partition coefficient (Wildman–Crippen LogP) is 3.46. The molecule has 1 aromatic heterocycles.